The molecular weight excluding hydrogens is 395 g/mol. The van der Waals surface area contributed by atoms with Crippen molar-refractivity contribution in [2.24, 2.45) is 0 Å². The van der Waals surface area contributed by atoms with Crippen molar-refractivity contribution in [3.05, 3.63) is 63.3 Å². The topological polar surface area (TPSA) is 86.1 Å². The van der Waals surface area contributed by atoms with Gasteiger partial charge < -0.3 is 10.1 Å². The third-order valence-corrected chi connectivity index (χ3v) is 5.20. The standard InChI is InChI=1S/C20H21FN4O3S/c1-12-19(29-14(3)23-12)17-7-8-18(26)25(24-17)10-9-22-20(27)13(2)28-16-6-4-5-15(21)11-16/h4-8,11,13H,9-10H2,1-3H3,(H,22,27). The minimum Gasteiger partial charge on any atom is -0.481 e. The van der Waals surface area contributed by atoms with Gasteiger partial charge in [0.15, 0.2) is 6.10 Å². The molecule has 1 amide bonds. The van der Waals surface area contributed by atoms with E-state index in [-0.39, 0.29) is 30.3 Å². The van der Waals surface area contributed by atoms with E-state index < -0.39 is 11.9 Å². The van der Waals surface area contributed by atoms with E-state index >= 15 is 0 Å². The van der Waals surface area contributed by atoms with Gasteiger partial charge in [0.05, 0.1) is 22.1 Å². The molecule has 2 aromatic heterocycles. The highest BCUT2D eigenvalue weighted by molar-refractivity contribution is 7.15. The molecule has 0 fully saturated rings. The normalized spacial score (nSPS) is 11.9. The molecule has 1 N–H and O–H groups in total. The Morgan fingerprint density at radius 2 is 2.10 bits per heavy atom. The minimum absolute atomic E-state index is 0.201. The number of rotatable bonds is 7. The molecule has 0 saturated heterocycles. The van der Waals surface area contributed by atoms with E-state index in [0.717, 1.165) is 15.6 Å². The summed E-state index contributed by atoms with van der Waals surface area (Å²) in [6.45, 7) is 5.80. The Bertz CT molecular complexity index is 1080. The molecule has 3 aromatic rings. The maximum Gasteiger partial charge on any atom is 0.266 e. The van der Waals surface area contributed by atoms with E-state index in [2.05, 4.69) is 15.4 Å². The van der Waals surface area contributed by atoms with Crippen molar-refractivity contribution in [2.75, 3.05) is 6.54 Å². The summed E-state index contributed by atoms with van der Waals surface area (Å²) in [6, 6.07) is 8.71. The number of thiazole rings is 1. The number of carbonyl (C=O) groups is 1. The molecule has 0 aliphatic heterocycles. The zero-order valence-electron chi connectivity index (χ0n) is 16.3. The molecule has 0 bridgehead atoms. The summed E-state index contributed by atoms with van der Waals surface area (Å²) in [5.74, 6) is -0.535. The number of ether oxygens (including phenoxy) is 1. The van der Waals surface area contributed by atoms with Crippen molar-refractivity contribution in [1.82, 2.24) is 20.1 Å². The Hall–Kier alpha value is -3.07. The monoisotopic (exact) mass is 416 g/mol. The second-order valence-corrected chi connectivity index (χ2v) is 7.64. The second kappa shape index (κ2) is 8.95. The number of carbonyl (C=O) groups excluding carboxylic acids is 1. The minimum atomic E-state index is -0.810. The number of aromatic nitrogens is 3. The summed E-state index contributed by atoms with van der Waals surface area (Å²) in [5.41, 5.74) is 1.27. The molecule has 3 rings (SSSR count). The van der Waals surface area contributed by atoms with Gasteiger partial charge in [-0.2, -0.15) is 5.10 Å². The van der Waals surface area contributed by atoms with Crippen molar-refractivity contribution >= 4 is 17.2 Å². The zero-order chi connectivity index (χ0) is 21.0. The van der Waals surface area contributed by atoms with Crippen LogP contribution >= 0.6 is 11.3 Å². The highest BCUT2D eigenvalue weighted by Gasteiger charge is 2.15. The van der Waals surface area contributed by atoms with Gasteiger partial charge in [-0.1, -0.05) is 6.07 Å². The smallest absolute Gasteiger partial charge is 0.266 e. The van der Waals surface area contributed by atoms with Gasteiger partial charge >= 0.3 is 0 Å². The highest BCUT2D eigenvalue weighted by atomic mass is 32.1. The number of nitrogens with one attached hydrogen (secondary N) is 1. The Kier molecular flexibility index (Phi) is 6.38. The SMILES string of the molecule is Cc1nc(C)c(-c2ccc(=O)n(CCNC(=O)C(C)Oc3cccc(F)c3)n2)s1. The number of hydrogen-bond acceptors (Lipinski definition) is 6. The van der Waals surface area contributed by atoms with Gasteiger partial charge in [0, 0.05) is 18.7 Å². The first-order valence-electron chi connectivity index (χ1n) is 9.06. The fourth-order valence-corrected chi connectivity index (χ4v) is 3.61. The van der Waals surface area contributed by atoms with Crippen molar-refractivity contribution in [3.8, 4) is 16.3 Å². The third kappa shape index (κ3) is 5.26. The third-order valence-electron chi connectivity index (χ3n) is 4.10. The van der Waals surface area contributed by atoms with E-state index in [1.165, 1.54) is 40.3 Å². The summed E-state index contributed by atoms with van der Waals surface area (Å²) in [5, 5.41) is 8.01. The van der Waals surface area contributed by atoms with Crippen LogP contribution < -0.4 is 15.6 Å². The lowest BCUT2D eigenvalue weighted by Crippen LogP contribution is -2.39. The number of benzene rings is 1. The second-order valence-electron chi connectivity index (χ2n) is 6.44. The first kappa shape index (κ1) is 20.7. The molecule has 0 aliphatic carbocycles. The molecule has 0 aliphatic rings. The summed E-state index contributed by atoms with van der Waals surface area (Å²) in [7, 11) is 0. The average molecular weight is 416 g/mol. The fraction of sp³-hybridized carbons (Fsp3) is 0.300. The van der Waals surface area contributed by atoms with Crippen LogP contribution in [-0.4, -0.2) is 33.3 Å². The highest BCUT2D eigenvalue weighted by Crippen LogP contribution is 2.27. The van der Waals surface area contributed by atoms with Gasteiger partial charge in [-0.15, -0.1) is 11.3 Å². The molecule has 1 unspecified atom stereocenters. The van der Waals surface area contributed by atoms with Crippen molar-refractivity contribution in [1.29, 1.82) is 0 Å². The lowest BCUT2D eigenvalue weighted by Gasteiger charge is -2.15. The molecule has 1 aromatic carbocycles. The van der Waals surface area contributed by atoms with Crippen LogP contribution in [0.2, 0.25) is 0 Å². The molecule has 152 valence electrons. The summed E-state index contributed by atoms with van der Waals surface area (Å²) < 4.78 is 19.9. The van der Waals surface area contributed by atoms with Crippen molar-refractivity contribution in [3.63, 3.8) is 0 Å². The number of nitrogens with zero attached hydrogens (tertiary/aromatic N) is 3. The number of aryl methyl sites for hydroxylation is 2. The number of hydrogen-bond donors (Lipinski definition) is 1. The summed E-state index contributed by atoms with van der Waals surface area (Å²) in [6.07, 6.45) is -0.810. The fourth-order valence-electron chi connectivity index (χ4n) is 2.73. The van der Waals surface area contributed by atoms with Gasteiger partial charge in [-0.05, 0) is 39.0 Å². The van der Waals surface area contributed by atoms with E-state index in [0.29, 0.717) is 5.69 Å². The maximum absolute atomic E-state index is 13.2. The molecule has 2 heterocycles. The van der Waals surface area contributed by atoms with E-state index in [4.69, 9.17) is 4.74 Å². The Morgan fingerprint density at radius 3 is 2.79 bits per heavy atom. The summed E-state index contributed by atoms with van der Waals surface area (Å²) >= 11 is 1.51. The summed E-state index contributed by atoms with van der Waals surface area (Å²) in [4.78, 5) is 29.6. The van der Waals surface area contributed by atoms with Crippen LogP contribution in [0.5, 0.6) is 5.75 Å². The van der Waals surface area contributed by atoms with Crippen LogP contribution in [-0.2, 0) is 11.3 Å². The first-order valence-corrected chi connectivity index (χ1v) is 9.87. The Morgan fingerprint density at radius 1 is 1.31 bits per heavy atom. The quantitative estimate of drug-likeness (QED) is 0.640. The number of halogens is 1. The lowest BCUT2D eigenvalue weighted by molar-refractivity contribution is -0.127. The van der Waals surface area contributed by atoms with Crippen LogP contribution in [0.1, 0.15) is 17.6 Å². The van der Waals surface area contributed by atoms with Gasteiger partial charge in [-0.3, -0.25) is 9.59 Å². The van der Waals surface area contributed by atoms with E-state index in [1.54, 1.807) is 19.1 Å². The van der Waals surface area contributed by atoms with Crippen molar-refractivity contribution in [2.45, 2.75) is 33.4 Å². The van der Waals surface area contributed by atoms with E-state index in [1.807, 2.05) is 13.8 Å². The van der Waals surface area contributed by atoms with Gasteiger partial charge in [0.25, 0.3) is 11.5 Å². The predicted molar refractivity (Wildman–Crippen MR) is 109 cm³/mol. The van der Waals surface area contributed by atoms with Crippen LogP contribution in [0, 0.1) is 19.7 Å². The Labute approximate surface area is 171 Å². The molecule has 0 radical (unpaired) electrons. The molecule has 29 heavy (non-hydrogen) atoms. The average Bonchev–Trinajstić information content (AvgIpc) is 3.01. The van der Waals surface area contributed by atoms with Crippen LogP contribution in [0.25, 0.3) is 10.6 Å². The van der Waals surface area contributed by atoms with Crippen molar-refractivity contribution < 1.29 is 13.9 Å². The molecule has 0 spiro atoms. The largest absolute Gasteiger partial charge is 0.481 e. The van der Waals surface area contributed by atoms with E-state index in [9.17, 15) is 14.0 Å². The maximum atomic E-state index is 13.2. The molecular formula is C20H21FN4O3S. The molecule has 7 nitrogen and oxygen atoms in total. The molecule has 0 saturated carbocycles. The Balaban J connectivity index is 1.59. The van der Waals surface area contributed by atoms with Crippen LogP contribution in [0.4, 0.5) is 4.39 Å². The predicted octanol–water partition coefficient (Wildman–Crippen LogP) is 2.71. The molecule has 1 atom stereocenters. The van der Waals surface area contributed by atoms with Gasteiger partial charge in [0.1, 0.15) is 17.3 Å². The van der Waals surface area contributed by atoms with Crippen LogP contribution in [0.15, 0.2) is 41.2 Å². The lowest BCUT2D eigenvalue weighted by atomic mass is 10.3. The van der Waals surface area contributed by atoms with Crippen LogP contribution in [0.3, 0.4) is 0 Å². The first-order chi connectivity index (χ1) is 13.8. The number of amides is 1. The van der Waals surface area contributed by atoms with Gasteiger partial charge in [0.2, 0.25) is 0 Å². The van der Waals surface area contributed by atoms with Gasteiger partial charge in [-0.25, -0.2) is 14.1 Å². The zero-order valence-corrected chi connectivity index (χ0v) is 17.1. The molecule has 9 heteroatoms.